The first-order valence-corrected chi connectivity index (χ1v) is 21.6. The third kappa shape index (κ3) is 3.93. The molecule has 286 valence electrons. The summed E-state index contributed by atoms with van der Waals surface area (Å²) in [7, 11) is 0. The van der Waals surface area contributed by atoms with Gasteiger partial charge in [-0.2, -0.15) is 0 Å². The second kappa shape index (κ2) is 11.2. The van der Waals surface area contributed by atoms with Crippen LogP contribution in [-0.4, -0.2) is 4.57 Å². The maximum atomic E-state index is 2.63. The summed E-state index contributed by atoms with van der Waals surface area (Å²) in [4.78, 5) is 7.84. The summed E-state index contributed by atoms with van der Waals surface area (Å²) in [6.07, 6.45) is 2.53. The molecule has 0 amide bonds. The number of hydrogen-bond acceptors (Lipinski definition) is 3. The molecule has 0 N–H and O–H groups in total. The molecule has 0 spiro atoms. The Balaban J connectivity index is 1.06. The standard InChI is InChI=1S/C56H42N4/c1-55(2)40-16-6-10-22-46(40)58-50-32-35(34-26-30-37(31-27-34)57-44-20-8-4-14-38(44)39-15-5-9-21-45(39)57)33-51-54(50)60(48-24-12-18-42(55)52(48)58)49-25-13-19-43-53(49)59(51)47-23-11-7-17-41(47)56(43,3)36-28-29-36/h4-27,30-33,36H,28-29H2,1-3H3. The van der Waals surface area contributed by atoms with Gasteiger partial charge in [0.2, 0.25) is 0 Å². The average molecular weight is 771 g/mol. The Bertz CT molecular complexity index is 3290. The molecular formula is C56H42N4. The maximum absolute atomic E-state index is 2.63. The van der Waals surface area contributed by atoms with Crippen LogP contribution >= 0.6 is 0 Å². The number of fused-ring (bicyclic) bond motifs is 11. The first-order valence-electron chi connectivity index (χ1n) is 21.6. The van der Waals surface area contributed by atoms with E-state index in [1.54, 1.807) is 0 Å². The fourth-order valence-electron chi connectivity index (χ4n) is 12.0. The lowest BCUT2D eigenvalue weighted by atomic mass is 9.68. The Kier molecular flexibility index (Phi) is 6.11. The number of benzene rings is 8. The summed E-state index contributed by atoms with van der Waals surface area (Å²) in [5.74, 6) is 0.627. The molecule has 60 heavy (non-hydrogen) atoms. The van der Waals surface area contributed by atoms with Crippen LogP contribution in [0.1, 0.15) is 55.9 Å². The van der Waals surface area contributed by atoms with Crippen molar-refractivity contribution in [3.05, 3.63) is 192 Å². The molecule has 4 nitrogen and oxygen atoms in total. The Hall–Kier alpha value is -7.04. The van der Waals surface area contributed by atoms with E-state index in [2.05, 4.69) is 210 Å². The zero-order chi connectivity index (χ0) is 39.6. The molecule has 5 heterocycles. The summed E-state index contributed by atoms with van der Waals surface area (Å²) >= 11 is 0. The van der Waals surface area contributed by atoms with Crippen molar-refractivity contribution in [2.45, 2.75) is 44.4 Å². The zero-order valence-corrected chi connectivity index (χ0v) is 33.9. The lowest BCUT2D eigenvalue weighted by Crippen LogP contribution is -2.40. The van der Waals surface area contributed by atoms with Gasteiger partial charge in [0.05, 0.1) is 62.2 Å². The SMILES string of the molecule is CC1(C)c2ccccc2N2c3cc(-c4ccc(-n5c6ccccc6c6ccccc65)cc4)cc4c3N(c3cccc1c32)c1cccc2c1N4c1ccccc1C2(C)C1CC1. The van der Waals surface area contributed by atoms with Crippen LogP contribution in [0.4, 0.5) is 51.2 Å². The number of anilines is 9. The van der Waals surface area contributed by atoms with Crippen molar-refractivity contribution < 1.29 is 0 Å². The largest absolute Gasteiger partial charge is 0.309 e. The van der Waals surface area contributed by atoms with Crippen molar-refractivity contribution in [2.75, 3.05) is 14.7 Å². The van der Waals surface area contributed by atoms with Crippen LogP contribution in [0.15, 0.2) is 170 Å². The van der Waals surface area contributed by atoms with Gasteiger partial charge >= 0.3 is 0 Å². The van der Waals surface area contributed by atoms with Crippen LogP contribution in [-0.2, 0) is 10.8 Å². The lowest BCUT2D eigenvalue weighted by molar-refractivity contribution is 0.490. The van der Waals surface area contributed by atoms with E-state index in [9.17, 15) is 0 Å². The van der Waals surface area contributed by atoms with Crippen molar-refractivity contribution >= 4 is 73.0 Å². The van der Waals surface area contributed by atoms with Gasteiger partial charge in [0.1, 0.15) is 0 Å². The molecule has 5 aliphatic rings. The van der Waals surface area contributed by atoms with E-state index in [4.69, 9.17) is 0 Å². The second-order valence-electron chi connectivity index (χ2n) is 18.3. The number of aromatic nitrogens is 1. The Morgan fingerprint density at radius 2 is 0.883 bits per heavy atom. The summed E-state index contributed by atoms with van der Waals surface area (Å²) in [6, 6.07) is 64.2. The quantitative estimate of drug-likeness (QED) is 0.178. The molecule has 14 rings (SSSR count). The molecule has 0 radical (unpaired) electrons. The summed E-state index contributed by atoms with van der Waals surface area (Å²) in [6.45, 7) is 7.32. The number of nitrogens with zero attached hydrogens (tertiary/aromatic N) is 4. The van der Waals surface area contributed by atoms with Crippen LogP contribution in [0.5, 0.6) is 0 Å². The number of hydrogen-bond donors (Lipinski definition) is 0. The van der Waals surface area contributed by atoms with Crippen LogP contribution in [0.25, 0.3) is 38.6 Å². The molecule has 4 aliphatic heterocycles. The van der Waals surface area contributed by atoms with Crippen LogP contribution in [0, 0.1) is 5.92 Å². The summed E-state index contributed by atoms with van der Waals surface area (Å²) < 4.78 is 2.41. The van der Waals surface area contributed by atoms with Gasteiger partial charge in [-0.3, -0.25) is 0 Å². The van der Waals surface area contributed by atoms with E-state index in [0.29, 0.717) is 5.92 Å². The van der Waals surface area contributed by atoms with E-state index >= 15 is 0 Å². The van der Waals surface area contributed by atoms with Gasteiger partial charge in [0.15, 0.2) is 0 Å². The zero-order valence-electron chi connectivity index (χ0n) is 33.9. The van der Waals surface area contributed by atoms with Crippen LogP contribution in [0.2, 0.25) is 0 Å². The fourth-order valence-corrected chi connectivity index (χ4v) is 12.0. The van der Waals surface area contributed by atoms with E-state index in [0.717, 1.165) is 5.69 Å². The summed E-state index contributed by atoms with van der Waals surface area (Å²) in [5, 5.41) is 2.55. The van der Waals surface area contributed by atoms with Crippen molar-refractivity contribution in [1.82, 2.24) is 4.57 Å². The molecule has 1 aliphatic carbocycles. The van der Waals surface area contributed by atoms with E-state index in [1.807, 2.05) is 0 Å². The molecular weight excluding hydrogens is 729 g/mol. The highest BCUT2D eigenvalue weighted by Crippen LogP contribution is 2.71. The fraction of sp³-hybridized carbons (Fsp3) is 0.143. The van der Waals surface area contributed by atoms with E-state index in [1.165, 1.54) is 119 Å². The Morgan fingerprint density at radius 1 is 0.400 bits per heavy atom. The molecule has 0 saturated heterocycles. The third-order valence-electron chi connectivity index (χ3n) is 14.9. The summed E-state index contributed by atoms with van der Waals surface area (Å²) in [5.41, 5.74) is 22.7. The minimum Gasteiger partial charge on any atom is -0.309 e. The van der Waals surface area contributed by atoms with E-state index in [-0.39, 0.29) is 10.8 Å². The maximum Gasteiger partial charge on any atom is 0.0948 e. The van der Waals surface area contributed by atoms with Gasteiger partial charge in [-0.25, -0.2) is 0 Å². The van der Waals surface area contributed by atoms with Crippen molar-refractivity contribution in [3.8, 4) is 16.8 Å². The average Bonchev–Trinajstić information content (AvgIpc) is 4.10. The highest BCUT2D eigenvalue weighted by molar-refractivity contribution is 6.16. The topological polar surface area (TPSA) is 14.7 Å². The molecule has 4 heteroatoms. The van der Waals surface area contributed by atoms with Gasteiger partial charge in [-0.05, 0) is 113 Å². The van der Waals surface area contributed by atoms with Gasteiger partial charge in [-0.1, -0.05) is 130 Å². The highest BCUT2D eigenvalue weighted by atomic mass is 15.3. The third-order valence-corrected chi connectivity index (χ3v) is 14.9. The molecule has 1 fully saturated rings. The molecule has 1 atom stereocenters. The van der Waals surface area contributed by atoms with Crippen molar-refractivity contribution in [3.63, 3.8) is 0 Å². The molecule has 8 aromatic carbocycles. The molecule has 0 bridgehead atoms. The van der Waals surface area contributed by atoms with Crippen LogP contribution in [0.3, 0.4) is 0 Å². The molecule has 1 unspecified atom stereocenters. The second-order valence-corrected chi connectivity index (χ2v) is 18.3. The van der Waals surface area contributed by atoms with Crippen molar-refractivity contribution in [2.24, 2.45) is 5.92 Å². The van der Waals surface area contributed by atoms with Gasteiger partial charge in [0.25, 0.3) is 0 Å². The van der Waals surface area contributed by atoms with Gasteiger partial charge < -0.3 is 19.3 Å². The first kappa shape index (κ1) is 32.9. The normalized spacial score (nSPS) is 18.5. The van der Waals surface area contributed by atoms with E-state index < -0.39 is 0 Å². The first-order chi connectivity index (χ1) is 29.4. The highest BCUT2D eigenvalue weighted by Gasteiger charge is 2.53. The molecule has 1 aromatic heterocycles. The monoisotopic (exact) mass is 770 g/mol. The number of para-hydroxylation sites is 6. The minimum absolute atomic E-state index is 0.0715. The molecule has 1 saturated carbocycles. The smallest absolute Gasteiger partial charge is 0.0948 e. The van der Waals surface area contributed by atoms with Gasteiger partial charge in [0, 0.05) is 27.3 Å². The van der Waals surface area contributed by atoms with Crippen LogP contribution < -0.4 is 14.7 Å². The molecule has 9 aromatic rings. The predicted octanol–water partition coefficient (Wildman–Crippen LogP) is 15.2. The van der Waals surface area contributed by atoms with Crippen molar-refractivity contribution in [1.29, 1.82) is 0 Å². The Morgan fingerprint density at radius 3 is 1.52 bits per heavy atom. The number of rotatable bonds is 3. The predicted molar refractivity (Wildman–Crippen MR) is 249 cm³/mol. The minimum atomic E-state index is -0.180. The Labute approximate surface area is 350 Å². The van der Waals surface area contributed by atoms with Gasteiger partial charge in [-0.15, -0.1) is 0 Å². The lowest BCUT2D eigenvalue weighted by Gasteiger charge is -2.54.